The first-order chi connectivity index (χ1) is 9.08. The maximum atomic E-state index is 9.91. The van der Waals surface area contributed by atoms with E-state index in [0.29, 0.717) is 18.0 Å². The third-order valence-corrected chi connectivity index (χ3v) is 4.76. The van der Waals surface area contributed by atoms with Gasteiger partial charge in [0, 0.05) is 25.2 Å². The fourth-order valence-corrected chi connectivity index (χ4v) is 3.19. The van der Waals surface area contributed by atoms with E-state index in [1.54, 1.807) is 0 Å². The highest BCUT2D eigenvalue weighted by Crippen LogP contribution is 2.29. The number of aliphatic hydroxyl groups is 1. The van der Waals surface area contributed by atoms with Crippen molar-refractivity contribution < 1.29 is 5.11 Å². The quantitative estimate of drug-likeness (QED) is 0.743. The second-order valence-electron chi connectivity index (χ2n) is 7.00. The molecule has 1 saturated carbocycles. The number of rotatable bonds is 7. The SMILES string of the molecule is CCC(O)CC1CC(NCC2CC2)CN(C(C)C)C1. The van der Waals surface area contributed by atoms with Crippen molar-refractivity contribution in [1.82, 2.24) is 10.2 Å². The number of nitrogens with zero attached hydrogens (tertiary/aromatic N) is 1. The van der Waals surface area contributed by atoms with Gasteiger partial charge >= 0.3 is 0 Å². The number of nitrogens with one attached hydrogen (secondary N) is 1. The van der Waals surface area contributed by atoms with Gasteiger partial charge in [0.25, 0.3) is 0 Å². The van der Waals surface area contributed by atoms with Crippen LogP contribution in [0.4, 0.5) is 0 Å². The van der Waals surface area contributed by atoms with Crippen LogP contribution in [0.5, 0.6) is 0 Å². The summed E-state index contributed by atoms with van der Waals surface area (Å²) in [6.07, 6.45) is 5.84. The van der Waals surface area contributed by atoms with E-state index in [-0.39, 0.29) is 6.10 Å². The average Bonchev–Trinajstić information content (AvgIpc) is 3.20. The molecule has 3 nitrogen and oxygen atoms in total. The number of hydrogen-bond donors (Lipinski definition) is 2. The minimum Gasteiger partial charge on any atom is -0.393 e. The third kappa shape index (κ3) is 5.05. The fraction of sp³-hybridized carbons (Fsp3) is 1.00. The summed E-state index contributed by atoms with van der Waals surface area (Å²) in [7, 11) is 0. The van der Waals surface area contributed by atoms with Crippen LogP contribution in [-0.2, 0) is 0 Å². The van der Waals surface area contributed by atoms with Gasteiger partial charge in [0.15, 0.2) is 0 Å². The molecule has 1 saturated heterocycles. The van der Waals surface area contributed by atoms with Gasteiger partial charge in [0.05, 0.1) is 6.10 Å². The molecule has 3 heteroatoms. The molecule has 0 aromatic carbocycles. The topological polar surface area (TPSA) is 35.5 Å². The van der Waals surface area contributed by atoms with Gasteiger partial charge in [-0.15, -0.1) is 0 Å². The van der Waals surface area contributed by atoms with Crippen molar-refractivity contribution in [2.75, 3.05) is 19.6 Å². The van der Waals surface area contributed by atoms with E-state index < -0.39 is 0 Å². The summed E-state index contributed by atoms with van der Waals surface area (Å²) in [5.41, 5.74) is 0. The van der Waals surface area contributed by atoms with Gasteiger partial charge in [0.2, 0.25) is 0 Å². The molecule has 2 fully saturated rings. The lowest BCUT2D eigenvalue weighted by Gasteiger charge is -2.41. The molecule has 0 aromatic rings. The van der Waals surface area contributed by atoms with Crippen molar-refractivity contribution in [2.45, 2.75) is 71.1 Å². The van der Waals surface area contributed by atoms with Gasteiger partial charge in [-0.25, -0.2) is 0 Å². The third-order valence-electron chi connectivity index (χ3n) is 4.76. The highest BCUT2D eigenvalue weighted by Gasteiger charge is 2.30. The summed E-state index contributed by atoms with van der Waals surface area (Å²) >= 11 is 0. The molecular weight excluding hydrogens is 236 g/mol. The monoisotopic (exact) mass is 268 g/mol. The van der Waals surface area contributed by atoms with Gasteiger partial charge in [-0.3, -0.25) is 4.90 Å². The van der Waals surface area contributed by atoms with Crippen LogP contribution in [0.15, 0.2) is 0 Å². The summed E-state index contributed by atoms with van der Waals surface area (Å²) in [6, 6.07) is 1.25. The van der Waals surface area contributed by atoms with Crippen molar-refractivity contribution >= 4 is 0 Å². The van der Waals surface area contributed by atoms with Crippen molar-refractivity contribution in [1.29, 1.82) is 0 Å². The fourth-order valence-electron chi connectivity index (χ4n) is 3.19. The Morgan fingerprint density at radius 3 is 2.53 bits per heavy atom. The van der Waals surface area contributed by atoms with Crippen LogP contribution in [-0.4, -0.2) is 47.8 Å². The molecule has 0 spiro atoms. The first kappa shape index (κ1) is 15.3. The Morgan fingerprint density at radius 1 is 1.21 bits per heavy atom. The number of piperidine rings is 1. The van der Waals surface area contributed by atoms with E-state index in [9.17, 15) is 5.11 Å². The van der Waals surface area contributed by atoms with E-state index in [4.69, 9.17) is 0 Å². The van der Waals surface area contributed by atoms with E-state index in [0.717, 1.165) is 25.3 Å². The minimum atomic E-state index is -0.110. The standard InChI is InChI=1S/C16H32N2O/c1-4-16(19)8-14-7-15(17-9-13-5-6-13)11-18(10-14)12(2)3/h12-17,19H,4-11H2,1-3H3. The summed E-state index contributed by atoms with van der Waals surface area (Å²) < 4.78 is 0. The summed E-state index contributed by atoms with van der Waals surface area (Å²) in [5.74, 6) is 1.61. The van der Waals surface area contributed by atoms with Crippen LogP contribution >= 0.6 is 0 Å². The lowest BCUT2D eigenvalue weighted by Crippen LogP contribution is -2.52. The largest absolute Gasteiger partial charge is 0.393 e. The zero-order valence-corrected chi connectivity index (χ0v) is 12.9. The minimum absolute atomic E-state index is 0.110. The van der Waals surface area contributed by atoms with Gasteiger partial charge < -0.3 is 10.4 Å². The Kier molecular flexibility index (Phi) is 5.67. The first-order valence-electron chi connectivity index (χ1n) is 8.24. The van der Waals surface area contributed by atoms with Crippen LogP contribution in [0.2, 0.25) is 0 Å². The molecule has 3 unspecified atom stereocenters. The first-order valence-corrected chi connectivity index (χ1v) is 8.24. The van der Waals surface area contributed by atoms with Crippen LogP contribution in [0.25, 0.3) is 0 Å². The highest BCUT2D eigenvalue weighted by atomic mass is 16.3. The zero-order chi connectivity index (χ0) is 13.8. The normalized spacial score (nSPS) is 30.8. The maximum absolute atomic E-state index is 9.91. The Balaban J connectivity index is 1.83. The van der Waals surface area contributed by atoms with Crippen molar-refractivity contribution in [3.63, 3.8) is 0 Å². The summed E-state index contributed by atoms with van der Waals surface area (Å²) in [5, 5.41) is 13.7. The molecule has 2 aliphatic rings. The van der Waals surface area contributed by atoms with E-state index in [1.165, 1.54) is 32.4 Å². The Morgan fingerprint density at radius 2 is 1.95 bits per heavy atom. The number of aliphatic hydroxyl groups excluding tert-OH is 1. The second kappa shape index (κ2) is 7.05. The molecule has 1 aliphatic heterocycles. The molecule has 2 N–H and O–H groups in total. The Hall–Kier alpha value is -0.120. The van der Waals surface area contributed by atoms with Crippen LogP contribution in [0, 0.1) is 11.8 Å². The van der Waals surface area contributed by atoms with E-state index >= 15 is 0 Å². The Labute approximate surface area is 118 Å². The molecule has 19 heavy (non-hydrogen) atoms. The molecule has 0 aromatic heterocycles. The second-order valence-corrected chi connectivity index (χ2v) is 7.00. The van der Waals surface area contributed by atoms with Crippen molar-refractivity contribution in [2.24, 2.45) is 11.8 Å². The molecule has 2 rings (SSSR count). The molecule has 1 heterocycles. The predicted octanol–water partition coefficient (Wildman–Crippen LogP) is 2.25. The average molecular weight is 268 g/mol. The summed E-state index contributed by atoms with van der Waals surface area (Å²) in [4.78, 5) is 2.58. The smallest absolute Gasteiger partial charge is 0.0540 e. The van der Waals surface area contributed by atoms with E-state index in [1.807, 2.05) is 0 Å². The van der Waals surface area contributed by atoms with Crippen LogP contribution in [0.1, 0.15) is 52.9 Å². The van der Waals surface area contributed by atoms with E-state index in [2.05, 4.69) is 31.0 Å². The summed E-state index contributed by atoms with van der Waals surface area (Å²) in [6.45, 7) is 10.2. The highest BCUT2D eigenvalue weighted by molar-refractivity contribution is 4.87. The molecule has 3 atom stereocenters. The van der Waals surface area contributed by atoms with Crippen LogP contribution < -0.4 is 5.32 Å². The van der Waals surface area contributed by atoms with Gasteiger partial charge in [-0.1, -0.05) is 6.92 Å². The van der Waals surface area contributed by atoms with Crippen molar-refractivity contribution in [3.8, 4) is 0 Å². The van der Waals surface area contributed by atoms with Gasteiger partial charge in [0.1, 0.15) is 0 Å². The lowest BCUT2D eigenvalue weighted by atomic mass is 9.88. The molecule has 0 bridgehead atoms. The molecule has 112 valence electrons. The lowest BCUT2D eigenvalue weighted by molar-refractivity contribution is 0.0692. The van der Waals surface area contributed by atoms with Crippen LogP contribution in [0.3, 0.4) is 0 Å². The molecule has 0 amide bonds. The van der Waals surface area contributed by atoms with Gasteiger partial charge in [-0.05, 0) is 64.3 Å². The Bertz CT molecular complexity index is 265. The number of likely N-dealkylation sites (tertiary alicyclic amines) is 1. The maximum Gasteiger partial charge on any atom is 0.0540 e. The molecule has 1 aliphatic carbocycles. The zero-order valence-electron chi connectivity index (χ0n) is 12.9. The predicted molar refractivity (Wildman–Crippen MR) is 80.2 cm³/mol. The molecular formula is C16H32N2O. The number of hydrogen-bond acceptors (Lipinski definition) is 3. The molecule has 0 radical (unpaired) electrons. The van der Waals surface area contributed by atoms with Crippen molar-refractivity contribution in [3.05, 3.63) is 0 Å². The van der Waals surface area contributed by atoms with Gasteiger partial charge in [-0.2, -0.15) is 0 Å².